The molecule has 3 N–H and O–H groups in total. The van der Waals surface area contributed by atoms with Gasteiger partial charge in [0.25, 0.3) is 0 Å². The van der Waals surface area contributed by atoms with Gasteiger partial charge in [-0.25, -0.2) is 4.39 Å². The normalized spacial score (nSPS) is 13.9. The van der Waals surface area contributed by atoms with Crippen LogP contribution in [0.5, 0.6) is 0 Å². The van der Waals surface area contributed by atoms with Crippen molar-refractivity contribution in [2.24, 2.45) is 5.73 Å². The molecule has 0 radical (unpaired) electrons. The van der Waals surface area contributed by atoms with E-state index in [1.54, 1.807) is 37.1 Å². The highest BCUT2D eigenvalue weighted by atomic mass is 19.1. The maximum Gasteiger partial charge on any atom is 0.323 e. The van der Waals surface area contributed by atoms with Gasteiger partial charge >= 0.3 is 5.97 Å². The fraction of sp³-hybridized carbons (Fsp3) is 0.500. The van der Waals surface area contributed by atoms with Crippen molar-refractivity contribution in [3.05, 3.63) is 30.1 Å². The molecule has 0 aromatic heterocycles. The summed E-state index contributed by atoms with van der Waals surface area (Å²) < 4.78 is 13.5. The first-order chi connectivity index (χ1) is 8.90. The molecular weight excluding hydrogens is 247 g/mol. The van der Waals surface area contributed by atoms with Crippen molar-refractivity contribution < 1.29 is 14.3 Å². The first-order valence-corrected chi connectivity index (χ1v) is 6.38. The van der Waals surface area contributed by atoms with Crippen LogP contribution in [0.1, 0.15) is 26.2 Å². The molecular formula is C14H21FN2O2. The minimum Gasteiger partial charge on any atom is -0.480 e. The van der Waals surface area contributed by atoms with Crippen molar-refractivity contribution in [3.63, 3.8) is 0 Å². The average Bonchev–Trinajstić information content (AvgIpc) is 2.38. The SMILES string of the molecule is CCC(N)(CCCN(C)c1ccccc1F)C(=O)O. The van der Waals surface area contributed by atoms with Crippen LogP contribution in [0.25, 0.3) is 0 Å². The van der Waals surface area contributed by atoms with E-state index >= 15 is 0 Å². The van der Waals surface area contributed by atoms with E-state index in [1.807, 2.05) is 0 Å². The maximum atomic E-state index is 13.5. The van der Waals surface area contributed by atoms with E-state index in [2.05, 4.69) is 0 Å². The van der Waals surface area contributed by atoms with Gasteiger partial charge in [-0.1, -0.05) is 19.1 Å². The fourth-order valence-electron chi connectivity index (χ4n) is 1.95. The molecule has 0 heterocycles. The lowest BCUT2D eigenvalue weighted by Crippen LogP contribution is -2.47. The first kappa shape index (κ1) is 15.4. The van der Waals surface area contributed by atoms with Crippen LogP contribution in [0.2, 0.25) is 0 Å². The van der Waals surface area contributed by atoms with Crippen LogP contribution in [-0.2, 0) is 4.79 Å². The van der Waals surface area contributed by atoms with E-state index in [1.165, 1.54) is 6.07 Å². The van der Waals surface area contributed by atoms with Crippen molar-refractivity contribution in [1.29, 1.82) is 0 Å². The Hall–Kier alpha value is -1.62. The van der Waals surface area contributed by atoms with E-state index in [0.29, 0.717) is 31.5 Å². The Labute approximate surface area is 113 Å². The molecule has 0 aliphatic heterocycles. The van der Waals surface area contributed by atoms with Gasteiger partial charge in [-0.15, -0.1) is 0 Å². The minimum absolute atomic E-state index is 0.280. The van der Waals surface area contributed by atoms with Crippen LogP contribution >= 0.6 is 0 Å². The van der Waals surface area contributed by atoms with Crippen LogP contribution in [0, 0.1) is 5.82 Å². The van der Waals surface area contributed by atoms with Gasteiger partial charge in [0.15, 0.2) is 0 Å². The van der Waals surface area contributed by atoms with Gasteiger partial charge in [-0.3, -0.25) is 4.79 Å². The molecule has 0 aliphatic carbocycles. The number of para-hydroxylation sites is 1. The number of rotatable bonds is 7. The highest BCUT2D eigenvalue weighted by Crippen LogP contribution is 2.19. The van der Waals surface area contributed by atoms with E-state index in [0.717, 1.165) is 0 Å². The van der Waals surface area contributed by atoms with Gasteiger partial charge in [0.05, 0.1) is 5.69 Å². The lowest BCUT2D eigenvalue weighted by molar-refractivity contribution is -0.143. The predicted octanol–water partition coefficient (Wildman–Crippen LogP) is 2.23. The zero-order valence-electron chi connectivity index (χ0n) is 11.4. The zero-order chi connectivity index (χ0) is 14.5. The molecule has 0 amide bonds. The van der Waals surface area contributed by atoms with E-state index in [4.69, 9.17) is 10.8 Å². The van der Waals surface area contributed by atoms with Crippen LogP contribution in [-0.4, -0.2) is 30.2 Å². The standard InChI is InChI=1S/C14H21FN2O2/c1-3-14(16,13(18)19)9-6-10-17(2)12-8-5-4-7-11(12)15/h4-5,7-8H,3,6,9-10,16H2,1-2H3,(H,18,19). The largest absolute Gasteiger partial charge is 0.480 e. The molecule has 0 saturated carbocycles. The van der Waals surface area contributed by atoms with Gasteiger partial charge < -0.3 is 15.7 Å². The minimum atomic E-state index is -1.18. The summed E-state index contributed by atoms with van der Waals surface area (Å²) in [6.07, 6.45) is 1.35. The number of hydrogen-bond donors (Lipinski definition) is 2. The molecule has 19 heavy (non-hydrogen) atoms. The molecule has 0 bridgehead atoms. The summed E-state index contributed by atoms with van der Waals surface area (Å²) in [4.78, 5) is 12.8. The van der Waals surface area contributed by atoms with Crippen molar-refractivity contribution in [3.8, 4) is 0 Å². The van der Waals surface area contributed by atoms with Gasteiger partial charge in [0.2, 0.25) is 0 Å². The Morgan fingerprint density at radius 2 is 2.11 bits per heavy atom. The summed E-state index contributed by atoms with van der Waals surface area (Å²) in [5.74, 6) is -1.26. The number of anilines is 1. The summed E-state index contributed by atoms with van der Waals surface area (Å²) in [6.45, 7) is 2.32. The summed E-state index contributed by atoms with van der Waals surface area (Å²) >= 11 is 0. The fourth-order valence-corrected chi connectivity index (χ4v) is 1.95. The summed E-state index contributed by atoms with van der Waals surface area (Å²) in [6, 6.07) is 6.51. The maximum absolute atomic E-state index is 13.5. The Bertz CT molecular complexity index is 439. The van der Waals surface area contributed by atoms with Crippen molar-refractivity contribution >= 4 is 11.7 Å². The number of nitrogens with zero attached hydrogens (tertiary/aromatic N) is 1. The molecule has 1 atom stereocenters. The molecule has 106 valence electrons. The Balaban J connectivity index is 2.54. The number of nitrogens with two attached hydrogens (primary N) is 1. The van der Waals surface area contributed by atoms with Crippen LogP contribution < -0.4 is 10.6 Å². The number of benzene rings is 1. The highest BCUT2D eigenvalue weighted by molar-refractivity contribution is 5.78. The summed E-state index contributed by atoms with van der Waals surface area (Å²) in [5.41, 5.74) is 5.13. The number of carboxylic acids is 1. The molecule has 1 rings (SSSR count). The number of carbonyl (C=O) groups is 1. The lowest BCUT2D eigenvalue weighted by Gasteiger charge is -2.25. The zero-order valence-corrected chi connectivity index (χ0v) is 11.4. The third kappa shape index (κ3) is 3.92. The second-order valence-electron chi connectivity index (χ2n) is 4.79. The number of hydrogen-bond acceptors (Lipinski definition) is 3. The predicted molar refractivity (Wildman–Crippen MR) is 73.7 cm³/mol. The molecule has 0 saturated heterocycles. The second-order valence-corrected chi connectivity index (χ2v) is 4.79. The van der Waals surface area contributed by atoms with Crippen LogP contribution in [0.15, 0.2) is 24.3 Å². The summed E-state index contributed by atoms with van der Waals surface area (Å²) in [5, 5.41) is 9.06. The average molecular weight is 268 g/mol. The third-order valence-corrected chi connectivity index (χ3v) is 3.44. The van der Waals surface area contributed by atoms with Crippen LogP contribution in [0.3, 0.4) is 0 Å². The van der Waals surface area contributed by atoms with Crippen molar-refractivity contribution in [2.75, 3.05) is 18.5 Å². The molecule has 0 spiro atoms. The monoisotopic (exact) mass is 268 g/mol. The van der Waals surface area contributed by atoms with E-state index in [9.17, 15) is 9.18 Å². The van der Waals surface area contributed by atoms with Gasteiger partial charge in [-0.05, 0) is 31.4 Å². The Kier molecular flexibility index (Phi) is 5.30. The second kappa shape index (κ2) is 6.52. The number of aliphatic carboxylic acids is 1. The van der Waals surface area contributed by atoms with Crippen LogP contribution in [0.4, 0.5) is 10.1 Å². The molecule has 0 fully saturated rings. The number of carboxylic acid groups (broad SMARTS) is 1. The first-order valence-electron chi connectivity index (χ1n) is 6.38. The third-order valence-electron chi connectivity index (χ3n) is 3.44. The van der Waals surface area contributed by atoms with Crippen molar-refractivity contribution in [1.82, 2.24) is 0 Å². The molecule has 4 nitrogen and oxygen atoms in total. The number of halogens is 1. The molecule has 1 aromatic carbocycles. The molecule has 1 aromatic rings. The Morgan fingerprint density at radius 1 is 1.47 bits per heavy atom. The smallest absolute Gasteiger partial charge is 0.323 e. The van der Waals surface area contributed by atoms with E-state index < -0.39 is 11.5 Å². The topological polar surface area (TPSA) is 66.6 Å². The van der Waals surface area contributed by atoms with Crippen molar-refractivity contribution in [2.45, 2.75) is 31.7 Å². The summed E-state index contributed by atoms with van der Waals surface area (Å²) in [7, 11) is 1.78. The Morgan fingerprint density at radius 3 is 2.63 bits per heavy atom. The van der Waals surface area contributed by atoms with Gasteiger partial charge in [0, 0.05) is 13.6 Å². The molecule has 5 heteroatoms. The van der Waals surface area contributed by atoms with Gasteiger partial charge in [0.1, 0.15) is 11.4 Å². The quantitative estimate of drug-likeness (QED) is 0.796. The van der Waals surface area contributed by atoms with E-state index in [-0.39, 0.29) is 5.82 Å². The lowest BCUT2D eigenvalue weighted by atomic mass is 9.92. The van der Waals surface area contributed by atoms with Gasteiger partial charge in [-0.2, -0.15) is 0 Å². The molecule has 0 aliphatic rings. The molecule has 1 unspecified atom stereocenters. The highest BCUT2D eigenvalue weighted by Gasteiger charge is 2.31.